The van der Waals surface area contributed by atoms with E-state index in [-0.39, 0.29) is 12.5 Å². The molecule has 0 bridgehead atoms. The first-order valence-corrected chi connectivity index (χ1v) is 10.1. The van der Waals surface area contributed by atoms with Crippen molar-refractivity contribution in [1.82, 2.24) is 25.5 Å². The van der Waals surface area contributed by atoms with Gasteiger partial charge in [-0.2, -0.15) is 0 Å². The van der Waals surface area contributed by atoms with E-state index in [1.54, 1.807) is 0 Å². The molecule has 30 heavy (non-hydrogen) atoms. The molecule has 3 aromatic rings. The Morgan fingerprint density at radius 3 is 2.67 bits per heavy atom. The summed E-state index contributed by atoms with van der Waals surface area (Å²) in [5, 5.41) is 14.0. The second kappa shape index (κ2) is 9.30. The Morgan fingerprint density at radius 2 is 1.90 bits per heavy atom. The second-order valence-corrected chi connectivity index (χ2v) is 7.17. The molecule has 0 spiro atoms. The molecule has 0 saturated heterocycles. The van der Waals surface area contributed by atoms with Gasteiger partial charge in [-0.15, -0.1) is 5.10 Å². The molecule has 0 radical (unpaired) electrons. The summed E-state index contributed by atoms with van der Waals surface area (Å²) >= 11 is 0. The van der Waals surface area contributed by atoms with Gasteiger partial charge in [0.05, 0.1) is 12.1 Å². The largest absolute Gasteiger partial charge is 0.488 e. The average molecular weight is 404 g/mol. The van der Waals surface area contributed by atoms with Gasteiger partial charge < -0.3 is 4.74 Å². The van der Waals surface area contributed by atoms with Crippen molar-refractivity contribution >= 4 is 11.7 Å². The highest BCUT2D eigenvalue weighted by Crippen LogP contribution is 2.27. The smallest absolute Gasteiger partial charge is 0.249 e. The zero-order valence-corrected chi connectivity index (χ0v) is 16.9. The molecule has 1 aliphatic heterocycles. The van der Waals surface area contributed by atoms with E-state index in [1.165, 1.54) is 0 Å². The van der Waals surface area contributed by atoms with Crippen LogP contribution in [0.4, 0.5) is 0 Å². The van der Waals surface area contributed by atoms with Gasteiger partial charge >= 0.3 is 0 Å². The van der Waals surface area contributed by atoms with Crippen LogP contribution in [-0.4, -0.2) is 43.8 Å². The fourth-order valence-corrected chi connectivity index (χ4v) is 3.35. The maximum Gasteiger partial charge on any atom is 0.249 e. The first-order chi connectivity index (χ1) is 14.7. The normalized spacial score (nSPS) is 13.6. The number of nitrogens with one attached hydrogen (secondary N) is 1. The Labute approximate surface area is 175 Å². The Bertz CT molecular complexity index is 1010. The van der Waals surface area contributed by atoms with Crippen molar-refractivity contribution in [3.05, 3.63) is 59.7 Å². The Hall–Kier alpha value is -3.55. The van der Waals surface area contributed by atoms with E-state index >= 15 is 0 Å². The summed E-state index contributed by atoms with van der Waals surface area (Å²) in [6.45, 7) is 3.39. The number of ether oxygens (including phenoxy) is 1. The summed E-state index contributed by atoms with van der Waals surface area (Å²) < 4.78 is 6.00. The number of benzene rings is 2. The van der Waals surface area contributed by atoms with E-state index in [1.807, 2.05) is 53.4 Å². The lowest BCUT2D eigenvalue weighted by molar-refractivity contribution is -0.125. The molecule has 0 unspecified atom stereocenters. The zero-order valence-electron chi connectivity index (χ0n) is 16.9. The third kappa shape index (κ3) is 4.53. The molecule has 1 N–H and O–H groups in total. The van der Waals surface area contributed by atoms with Crippen molar-refractivity contribution in [3.8, 4) is 17.1 Å². The lowest BCUT2D eigenvalue weighted by Gasteiger charge is -2.19. The monoisotopic (exact) mass is 404 g/mol. The number of H-pyrrole nitrogens is 1. The maximum absolute atomic E-state index is 12.2. The van der Waals surface area contributed by atoms with Crippen LogP contribution in [0.5, 0.6) is 5.75 Å². The molecule has 2 aromatic carbocycles. The van der Waals surface area contributed by atoms with Crippen molar-refractivity contribution in [2.45, 2.75) is 39.3 Å². The van der Waals surface area contributed by atoms with E-state index in [4.69, 9.17) is 4.74 Å². The van der Waals surface area contributed by atoms with Gasteiger partial charge in [0.1, 0.15) is 24.7 Å². The number of unbranched alkanes of at least 4 members (excludes halogenated alkanes) is 1. The van der Waals surface area contributed by atoms with Crippen molar-refractivity contribution < 1.29 is 9.53 Å². The lowest BCUT2D eigenvalue weighted by Crippen LogP contribution is -2.31. The molecule has 0 atom stereocenters. The molecule has 8 heteroatoms. The molecule has 0 fully saturated rings. The minimum absolute atomic E-state index is 0.0759. The number of hydrogen-bond donors (Lipinski definition) is 1. The van der Waals surface area contributed by atoms with Crippen LogP contribution in [0, 0.1) is 0 Å². The van der Waals surface area contributed by atoms with Gasteiger partial charge in [0.15, 0.2) is 5.82 Å². The van der Waals surface area contributed by atoms with Gasteiger partial charge in [0.2, 0.25) is 5.91 Å². The number of aromatic amines is 1. The van der Waals surface area contributed by atoms with Gasteiger partial charge in [0, 0.05) is 6.42 Å². The fourth-order valence-electron chi connectivity index (χ4n) is 3.35. The van der Waals surface area contributed by atoms with Gasteiger partial charge in [-0.1, -0.05) is 49.7 Å². The molecule has 0 saturated carbocycles. The van der Waals surface area contributed by atoms with Gasteiger partial charge in [-0.3, -0.25) is 14.7 Å². The molecule has 1 aromatic heterocycles. The van der Waals surface area contributed by atoms with Gasteiger partial charge in [-0.05, 0) is 40.1 Å². The number of hydrogen-bond acceptors (Lipinski definition) is 6. The summed E-state index contributed by atoms with van der Waals surface area (Å²) in [6, 6.07) is 15.7. The quantitative estimate of drug-likeness (QED) is 0.590. The van der Waals surface area contributed by atoms with Crippen molar-refractivity contribution in [1.29, 1.82) is 0 Å². The predicted octanol–water partition coefficient (Wildman–Crippen LogP) is 3.38. The molecular formula is C22H24N6O2. The van der Waals surface area contributed by atoms with E-state index in [2.05, 4.69) is 32.5 Å². The highest BCUT2D eigenvalue weighted by molar-refractivity contribution is 6.03. The lowest BCUT2D eigenvalue weighted by atomic mass is 10.1. The molecule has 0 aliphatic carbocycles. The minimum Gasteiger partial charge on any atom is -0.488 e. The summed E-state index contributed by atoms with van der Waals surface area (Å²) in [5.74, 6) is 2.26. The van der Waals surface area contributed by atoms with Crippen LogP contribution in [0.3, 0.4) is 0 Å². The zero-order chi connectivity index (χ0) is 20.8. The summed E-state index contributed by atoms with van der Waals surface area (Å²) in [4.78, 5) is 18.4. The number of carbonyl (C=O) groups is 1. The molecular weight excluding hydrogens is 380 g/mol. The number of tetrazole rings is 1. The summed E-state index contributed by atoms with van der Waals surface area (Å²) in [6.07, 6.45) is 2.99. The molecule has 8 nitrogen and oxygen atoms in total. The van der Waals surface area contributed by atoms with Crippen LogP contribution in [-0.2, 0) is 17.9 Å². The van der Waals surface area contributed by atoms with Crippen molar-refractivity contribution in [2.75, 3.05) is 6.54 Å². The number of aromatic nitrogens is 4. The number of nitrogens with zero attached hydrogens (tertiary/aromatic N) is 5. The van der Waals surface area contributed by atoms with Crippen LogP contribution >= 0.6 is 0 Å². The second-order valence-electron chi connectivity index (χ2n) is 7.17. The maximum atomic E-state index is 12.2. The van der Waals surface area contributed by atoms with Crippen LogP contribution in [0.1, 0.15) is 37.3 Å². The van der Waals surface area contributed by atoms with Crippen LogP contribution in [0.2, 0.25) is 0 Å². The average Bonchev–Trinajstić information content (AvgIpc) is 3.43. The van der Waals surface area contributed by atoms with Crippen LogP contribution in [0.25, 0.3) is 11.4 Å². The standard InChI is InChI=1S/C22H24N6O2/c1-2-3-8-20-23-13-21(29)28(20)14-16-9-11-17(12-10-16)15-30-19-7-5-4-6-18(19)22-24-26-27-25-22/h4-7,9-12H,2-3,8,13-15H2,1H3,(H,24,25,26,27). The number of para-hydroxylation sites is 1. The summed E-state index contributed by atoms with van der Waals surface area (Å²) in [7, 11) is 0. The molecule has 1 aliphatic rings. The SMILES string of the molecule is CCCCC1=NCC(=O)N1Cc1ccc(COc2ccccc2-c2nnn[nH]2)cc1. The first-order valence-electron chi connectivity index (χ1n) is 10.1. The predicted molar refractivity (Wildman–Crippen MR) is 113 cm³/mol. The van der Waals surface area contributed by atoms with Gasteiger partial charge in [-0.25, -0.2) is 5.10 Å². The highest BCUT2D eigenvalue weighted by Gasteiger charge is 2.24. The van der Waals surface area contributed by atoms with E-state index in [9.17, 15) is 4.79 Å². The van der Waals surface area contributed by atoms with Gasteiger partial charge in [0.25, 0.3) is 0 Å². The number of aliphatic imine (C=N–C) groups is 1. The Balaban J connectivity index is 1.38. The minimum atomic E-state index is 0.0759. The van der Waals surface area contributed by atoms with Crippen LogP contribution < -0.4 is 4.74 Å². The Kier molecular flexibility index (Phi) is 6.12. The number of rotatable bonds is 9. The Morgan fingerprint density at radius 1 is 1.10 bits per heavy atom. The fraction of sp³-hybridized carbons (Fsp3) is 0.318. The third-order valence-corrected chi connectivity index (χ3v) is 5.01. The van der Waals surface area contributed by atoms with Crippen LogP contribution in [0.15, 0.2) is 53.5 Å². The molecule has 2 heterocycles. The first kappa shape index (κ1) is 19.8. The number of carbonyl (C=O) groups excluding carboxylic acids is 1. The summed E-state index contributed by atoms with van der Waals surface area (Å²) in [5.41, 5.74) is 2.92. The molecule has 154 valence electrons. The molecule has 1 amide bonds. The number of amidine groups is 1. The van der Waals surface area contributed by atoms with E-state index < -0.39 is 0 Å². The van der Waals surface area contributed by atoms with Crippen molar-refractivity contribution in [2.24, 2.45) is 4.99 Å². The highest BCUT2D eigenvalue weighted by atomic mass is 16.5. The third-order valence-electron chi connectivity index (χ3n) is 5.01. The van der Waals surface area contributed by atoms with E-state index in [0.717, 1.165) is 41.8 Å². The van der Waals surface area contributed by atoms with Crippen molar-refractivity contribution in [3.63, 3.8) is 0 Å². The van der Waals surface area contributed by atoms with E-state index in [0.29, 0.717) is 24.7 Å². The molecule has 4 rings (SSSR count). The topological polar surface area (TPSA) is 96.4 Å². The number of amides is 1.